The van der Waals surface area contributed by atoms with Crippen molar-refractivity contribution in [2.75, 3.05) is 31.9 Å². The zero-order chi connectivity index (χ0) is 16.5. The average molecular weight is 315 g/mol. The second kappa shape index (κ2) is 6.48. The molecule has 3 N–H and O–H groups in total. The molecule has 0 spiro atoms. The van der Waals surface area contributed by atoms with Gasteiger partial charge in [0.25, 0.3) is 0 Å². The SMILES string of the molecule is CB(O)N1CCN(C(C)c2cc(N)cc(C(F)(F)F)c2)CC1. The summed E-state index contributed by atoms with van der Waals surface area (Å²) >= 11 is 0. The fourth-order valence-corrected chi connectivity index (χ4v) is 2.79. The van der Waals surface area contributed by atoms with Crippen molar-refractivity contribution >= 4 is 12.7 Å². The average Bonchev–Trinajstić information content (AvgIpc) is 2.45. The molecule has 0 aromatic heterocycles. The lowest BCUT2D eigenvalue weighted by Gasteiger charge is -2.38. The Kier molecular flexibility index (Phi) is 5.04. The normalized spacial score (nSPS) is 19.2. The first kappa shape index (κ1) is 17.1. The first-order valence-electron chi connectivity index (χ1n) is 7.32. The van der Waals surface area contributed by atoms with E-state index in [-0.39, 0.29) is 11.7 Å². The molecule has 0 amide bonds. The predicted molar refractivity (Wildman–Crippen MR) is 81.3 cm³/mol. The van der Waals surface area contributed by atoms with Gasteiger partial charge >= 0.3 is 13.2 Å². The summed E-state index contributed by atoms with van der Waals surface area (Å²) in [5, 5.41) is 9.55. The second-order valence-electron chi connectivity index (χ2n) is 5.77. The Morgan fingerprint density at radius 2 is 1.77 bits per heavy atom. The molecule has 8 heteroatoms. The van der Waals surface area contributed by atoms with Gasteiger partial charge in [0, 0.05) is 37.9 Å². The lowest BCUT2D eigenvalue weighted by atomic mass is 9.84. The number of hydrogen-bond donors (Lipinski definition) is 2. The highest BCUT2D eigenvalue weighted by Crippen LogP contribution is 2.34. The Hall–Kier alpha value is -1.25. The van der Waals surface area contributed by atoms with E-state index < -0.39 is 18.8 Å². The van der Waals surface area contributed by atoms with Gasteiger partial charge in [-0.2, -0.15) is 13.2 Å². The monoisotopic (exact) mass is 315 g/mol. The molecule has 1 aliphatic heterocycles. The molecular weight excluding hydrogens is 294 g/mol. The van der Waals surface area contributed by atoms with E-state index in [0.29, 0.717) is 31.7 Å². The van der Waals surface area contributed by atoms with Gasteiger partial charge in [-0.15, -0.1) is 0 Å². The molecule has 0 bridgehead atoms. The molecule has 22 heavy (non-hydrogen) atoms. The van der Waals surface area contributed by atoms with Crippen molar-refractivity contribution in [3.05, 3.63) is 29.3 Å². The number of piperazine rings is 1. The summed E-state index contributed by atoms with van der Waals surface area (Å²) in [6.07, 6.45) is -4.39. The van der Waals surface area contributed by atoms with Crippen LogP contribution < -0.4 is 5.73 Å². The van der Waals surface area contributed by atoms with Gasteiger partial charge < -0.3 is 15.6 Å². The smallest absolute Gasteiger partial charge is 0.416 e. The summed E-state index contributed by atoms with van der Waals surface area (Å²) in [6, 6.07) is 3.57. The third-order valence-corrected chi connectivity index (χ3v) is 4.21. The third-order valence-electron chi connectivity index (χ3n) is 4.21. The van der Waals surface area contributed by atoms with Crippen LogP contribution in [0.2, 0.25) is 6.82 Å². The van der Waals surface area contributed by atoms with Crippen LogP contribution in [0.5, 0.6) is 0 Å². The highest BCUT2D eigenvalue weighted by Gasteiger charge is 2.32. The van der Waals surface area contributed by atoms with Crippen LogP contribution in [0, 0.1) is 0 Å². The Balaban J connectivity index is 2.13. The fourth-order valence-electron chi connectivity index (χ4n) is 2.79. The fraction of sp³-hybridized carbons (Fsp3) is 0.571. The molecule has 122 valence electrons. The van der Waals surface area contributed by atoms with Crippen LogP contribution in [-0.4, -0.2) is 48.0 Å². The van der Waals surface area contributed by atoms with E-state index in [9.17, 15) is 18.2 Å². The van der Waals surface area contributed by atoms with Crippen molar-refractivity contribution in [1.82, 2.24) is 9.71 Å². The van der Waals surface area contributed by atoms with Gasteiger partial charge in [0.1, 0.15) is 0 Å². The Morgan fingerprint density at radius 1 is 1.18 bits per heavy atom. The minimum atomic E-state index is -4.39. The van der Waals surface area contributed by atoms with Gasteiger partial charge in [-0.1, -0.05) is 0 Å². The van der Waals surface area contributed by atoms with E-state index in [2.05, 4.69) is 4.90 Å². The first-order chi connectivity index (χ1) is 10.2. The number of nitrogens with zero attached hydrogens (tertiary/aromatic N) is 2. The van der Waals surface area contributed by atoms with E-state index >= 15 is 0 Å². The number of rotatable bonds is 3. The van der Waals surface area contributed by atoms with Gasteiger partial charge in [-0.05, 0) is 37.5 Å². The number of nitrogen functional groups attached to an aromatic ring is 1. The Bertz CT molecular complexity index is 517. The van der Waals surface area contributed by atoms with Gasteiger partial charge in [-0.25, -0.2) is 0 Å². The van der Waals surface area contributed by atoms with Gasteiger partial charge in [0.2, 0.25) is 0 Å². The molecule has 1 fully saturated rings. The number of hydrogen-bond acceptors (Lipinski definition) is 4. The first-order valence-corrected chi connectivity index (χ1v) is 7.32. The third kappa shape index (κ3) is 3.94. The maximum Gasteiger partial charge on any atom is 0.416 e. The van der Waals surface area contributed by atoms with Gasteiger partial charge in [0.15, 0.2) is 0 Å². The number of anilines is 1. The molecule has 0 saturated carbocycles. The molecule has 1 saturated heterocycles. The van der Waals surface area contributed by atoms with Crippen LogP contribution in [0.1, 0.15) is 24.1 Å². The van der Waals surface area contributed by atoms with E-state index in [1.807, 2.05) is 11.7 Å². The topological polar surface area (TPSA) is 52.7 Å². The van der Waals surface area contributed by atoms with Crippen LogP contribution in [0.4, 0.5) is 18.9 Å². The van der Waals surface area contributed by atoms with Crippen LogP contribution in [0.3, 0.4) is 0 Å². The molecule has 2 rings (SSSR count). The maximum absolute atomic E-state index is 12.9. The molecule has 1 aromatic rings. The number of benzene rings is 1. The molecule has 1 atom stereocenters. The largest absolute Gasteiger partial charge is 0.437 e. The van der Waals surface area contributed by atoms with Crippen molar-refractivity contribution in [2.24, 2.45) is 0 Å². The zero-order valence-corrected chi connectivity index (χ0v) is 12.8. The van der Waals surface area contributed by atoms with E-state index in [0.717, 1.165) is 6.07 Å². The van der Waals surface area contributed by atoms with Crippen molar-refractivity contribution in [3.8, 4) is 0 Å². The molecule has 4 nitrogen and oxygen atoms in total. The van der Waals surface area contributed by atoms with Crippen LogP contribution in [0.25, 0.3) is 0 Å². The van der Waals surface area contributed by atoms with Crippen molar-refractivity contribution in [1.29, 1.82) is 0 Å². The van der Waals surface area contributed by atoms with E-state index in [4.69, 9.17) is 5.73 Å². The summed E-state index contributed by atoms with van der Waals surface area (Å²) in [7, 11) is -0.498. The van der Waals surface area contributed by atoms with E-state index in [1.54, 1.807) is 12.9 Å². The highest BCUT2D eigenvalue weighted by molar-refractivity contribution is 6.45. The summed E-state index contributed by atoms with van der Waals surface area (Å²) in [5.74, 6) is 0. The highest BCUT2D eigenvalue weighted by atomic mass is 19.4. The predicted octanol–water partition coefficient (Wildman–Crippen LogP) is 2.08. The number of halogens is 3. The Labute approximate surface area is 128 Å². The summed E-state index contributed by atoms with van der Waals surface area (Å²) < 4.78 is 38.7. The van der Waals surface area contributed by atoms with Crippen LogP contribution in [0.15, 0.2) is 18.2 Å². The molecule has 0 radical (unpaired) electrons. The second-order valence-corrected chi connectivity index (χ2v) is 5.77. The number of nitrogens with two attached hydrogens (primary N) is 1. The number of alkyl halides is 3. The van der Waals surface area contributed by atoms with Gasteiger partial charge in [-0.3, -0.25) is 4.90 Å². The summed E-state index contributed by atoms with van der Waals surface area (Å²) in [4.78, 5) is 4.04. The van der Waals surface area contributed by atoms with Crippen molar-refractivity contribution in [3.63, 3.8) is 0 Å². The minimum Gasteiger partial charge on any atom is -0.437 e. The Morgan fingerprint density at radius 3 is 2.27 bits per heavy atom. The van der Waals surface area contributed by atoms with Crippen molar-refractivity contribution < 1.29 is 18.2 Å². The quantitative estimate of drug-likeness (QED) is 0.662. The molecule has 1 aromatic carbocycles. The van der Waals surface area contributed by atoms with E-state index in [1.165, 1.54) is 6.07 Å². The molecule has 1 aliphatic rings. The molecule has 0 aliphatic carbocycles. The lowest BCUT2D eigenvalue weighted by Crippen LogP contribution is -2.51. The van der Waals surface area contributed by atoms with Crippen molar-refractivity contribution in [2.45, 2.75) is 26.0 Å². The molecule has 1 heterocycles. The summed E-state index contributed by atoms with van der Waals surface area (Å²) in [5.41, 5.74) is 5.61. The minimum absolute atomic E-state index is 0.124. The lowest BCUT2D eigenvalue weighted by molar-refractivity contribution is -0.137. The van der Waals surface area contributed by atoms with Gasteiger partial charge in [0.05, 0.1) is 5.56 Å². The molecular formula is C14H21BF3N3O. The van der Waals surface area contributed by atoms with Crippen LogP contribution >= 0.6 is 0 Å². The standard InChI is InChI=1S/C14H21BF3N3O/c1-10(20-3-5-21(6-4-20)15(2)22)11-7-12(14(16,17)18)9-13(19)8-11/h7-10,22H,3-6,19H2,1-2H3. The molecule has 1 unspecified atom stereocenters. The maximum atomic E-state index is 12.9. The summed E-state index contributed by atoms with van der Waals surface area (Å²) in [6.45, 7) is 6.37. The zero-order valence-electron chi connectivity index (χ0n) is 12.8. The van der Waals surface area contributed by atoms with Crippen LogP contribution in [-0.2, 0) is 6.18 Å².